The number of hydrogen-bond acceptors (Lipinski definition) is 4. The summed E-state index contributed by atoms with van der Waals surface area (Å²) in [4.78, 5) is 35.2. The normalized spacial score (nSPS) is 15.1. The predicted octanol–water partition coefficient (Wildman–Crippen LogP) is 3.97. The average Bonchev–Trinajstić information content (AvgIpc) is 2.58. The summed E-state index contributed by atoms with van der Waals surface area (Å²) in [6.45, 7) is 7.97. The van der Waals surface area contributed by atoms with Crippen molar-refractivity contribution in [2.45, 2.75) is 59.8 Å². The molecule has 1 amide bonds. The van der Waals surface area contributed by atoms with Crippen LogP contribution in [0.5, 0.6) is 0 Å². The van der Waals surface area contributed by atoms with Crippen LogP contribution < -0.4 is 5.32 Å². The topological polar surface area (TPSA) is 72.5 Å². The van der Waals surface area contributed by atoms with Gasteiger partial charge >= 0.3 is 5.97 Å². The van der Waals surface area contributed by atoms with Crippen molar-refractivity contribution >= 4 is 17.7 Å². The van der Waals surface area contributed by atoms with Crippen LogP contribution in [0, 0.1) is 5.41 Å². The van der Waals surface area contributed by atoms with Crippen molar-refractivity contribution in [3.05, 3.63) is 47.7 Å². The van der Waals surface area contributed by atoms with Crippen molar-refractivity contribution in [3.8, 4) is 0 Å². The second-order valence-electron chi connectivity index (χ2n) is 7.54. The Bertz CT molecular complexity index is 662. The fourth-order valence-electron chi connectivity index (χ4n) is 2.70. The highest BCUT2D eigenvalue weighted by Gasteiger charge is 2.29. The van der Waals surface area contributed by atoms with Crippen LogP contribution >= 0.6 is 0 Å². The van der Waals surface area contributed by atoms with Crippen LogP contribution in [0.3, 0.4) is 0 Å². The fourth-order valence-corrected chi connectivity index (χ4v) is 2.70. The number of aryl methyl sites for hydroxylation is 1. The second kappa shape index (κ2) is 11.3. The zero-order chi connectivity index (χ0) is 20.3. The third-order valence-electron chi connectivity index (χ3n) is 3.79. The van der Waals surface area contributed by atoms with Crippen LogP contribution in [0.4, 0.5) is 0 Å². The van der Waals surface area contributed by atoms with Crippen molar-refractivity contribution < 1.29 is 19.1 Å². The number of benzene rings is 1. The van der Waals surface area contributed by atoms with E-state index in [9.17, 15) is 14.4 Å². The smallest absolute Gasteiger partial charge is 0.330 e. The molecule has 1 N–H and O–H groups in total. The Kier molecular flexibility index (Phi) is 9.48. The fraction of sp³-hybridized carbons (Fsp3) is 0.500. The Morgan fingerprint density at radius 3 is 2.33 bits per heavy atom. The van der Waals surface area contributed by atoms with Crippen LogP contribution in [-0.2, 0) is 25.5 Å². The molecule has 1 aliphatic carbocycles. The first kappa shape index (κ1) is 22.6. The first-order valence-electron chi connectivity index (χ1n) is 9.50. The van der Waals surface area contributed by atoms with Gasteiger partial charge in [0.1, 0.15) is 12.3 Å². The van der Waals surface area contributed by atoms with Gasteiger partial charge in [0.05, 0.1) is 0 Å². The molecular formula is C22H31NO4. The highest BCUT2D eigenvalue weighted by molar-refractivity contribution is 5.92. The van der Waals surface area contributed by atoms with Gasteiger partial charge in [0.15, 0.2) is 5.78 Å². The molecule has 148 valence electrons. The predicted molar refractivity (Wildman–Crippen MR) is 106 cm³/mol. The Morgan fingerprint density at radius 1 is 1.11 bits per heavy atom. The van der Waals surface area contributed by atoms with E-state index in [0.29, 0.717) is 31.4 Å². The number of amides is 1. The molecular weight excluding hydrogens is 342 g/mol. The molecule has 0 aliphatic heterocycles. The van der Waals surface area contributed by atoms with Crippen LogP contribution in [0.1, 0.15) is 58.9 Å². The summed E-state index contributed by atoms with van der Waals surface area (Å²) in [5.74, 6) is -0.426. The zero-order valence-corrected chi connectivity index (χ0v) is 16.8. The van der Waals surface area contributed by atoms with E-state index in [1.807, 2.05) is 44.2 Å². The number of allylic oxidation sites excluding steroid dienone is 2. The van der Waals surface area contributed by atoms with Gasteiger partial charge in [-0.15, -0.1) is 0 Å². The van der Waals surface area contributed by atoms with Gasteiger partial charge in [-0.3, -0.25) is 9.59 Å². The summed E-state index contributed by atoms with van der Waals surface area (Å²) < 4.78 is 5.20. The van der Waals surface area contributed by atoms with E-state index in [4.69, 9.17) is 4.74 Å². The molecule has 5 heteroatoms. The minimum absolute atomic E-state index is 0.0408. The first-order chi connectivity index (χ1) is 12.8. The van der Waals surface area contributed by atoms with E-state index in [0.717, 1.165) is 5.56 Å². The number of ether oxygens (including phenoxy) is 1. The molecule has 0 saturated heterocycles. The highest BCUT2D eigenvalue weighted by atomic mass is 16.5. The molecule has 0 heterocycles. The molecule has 1 aromatic carbocycles. The van der Waals surface area contributed by atoms with Gasteiger partial charge in [-0.2, -0.15) is 0 Å². The van der Waals surface area contributed by atoms with Crippen molar-refractivity contribution in [2.24, 2.45) is 5.41 Å². The third-order valence-corrected chi connectivity index (χ3v) is 3.79. The molecule has 0 spiro atoms. The molecule has 27 heavy (non-hydrogen) atoms. The minimum atomic E-state index is -0.556. The Labute approximate surface area is 162 Å². The first-order valence-corrected chi connectivity index (χ1v) is 9.50. The van der Waals surface area contributed by atoms with Crippen LogP contribution in [-0.4, -0.2) is 24.2 Å². The van der Waals surface area contributed by atoms with Gasteiger partial charge < -0.3 is 10.1 Å². The summed E-state index contributed by atoms with van der Waals surface area (Å²) in [7, 11) is 0. The molecule has 5 nitrogen and oxygen atoms in total. The summed E-state index contributed by atoms with van der Waals surface area (Å²) in [6, 6.07) is 9.67. The van der Waals surface area contributed by atoms with Gasteiger partial charge in [-0.25, -0.2) is 4.79 Å². The standard InChI is InChI=1S/C19H23NO4.C3H8/c1-19(2)11-15(21)10-16(12-19)24-18(23)13-20-17(22)9-8-14-6-4-3-5-7-14;1-3-2/h3-7,10H,8-9,11-13H2,1-2H3,(H,20,22);3H2,1-2H3. The number of nitrogens with one attached hydrogen (secondary N) is 1. The number of rotatable bonds is 6. The van der Waals surface area contributed by atoms with E-state index in [1.165, 1.54) is 12.5 Å². The lowest BCUT2D eigenvalue weighted by atomic mass is 9.79. The van der Waals surface area contributed by atoms with E-state index in [-0.39, 0.29) is 23.7 Å². The van der Waals surface area contributed by atoms with Crippen LogP contribution in [0.25, 0.3) is 0 Å². The SMILES string of the molecule is CC1(C)CC(=O)C=C(OC(=O)CNC(=O)CCc2ccccc2)C1.CCC. The maximum atomic E-state index is 11.8. The lowest BCUT2D eigenvalue weighted by molar-refractivity contribution is -0.141. The molecule has 1 aliphatic rings. The summed E-state index contributed by atoms with van der Waals surface area (Å²) >= 11 is 0. The molecule has 0 fully saturated rings. The molecule has 1 aromatic rings. The van der Waals surface area contributed by atoms with Gasteiger partial charge in [0.25, 0.3) is 0 Å². The number of ketones is 1. The van der Waals surface area contributed by atoms with E-state index < -0.39 is 5.97 Å². The van der Waals surface area contributed by atoms with Crippen LogP contribution in [0.2, 0.25) is 0 Å². The summed E-state index contributed by atoms with van der Waals surface area (Å²) in [5, 5.41) is 2.55. The molecule has 0 unspecified atom stereocenters. The summed E-state index contributed by atoms with van der Waals surface area (Å²) in [6.07, 6.45) is 4.54. The van der Waals surface area contributed by atoms with Crippen molar-refractivity contribution in [2.75, 3.05) is 6.54 Å². The van der Waals surface area contributed by atoms with Gasteiger partial charge in [-0.1, -0.05) is 64.4 Å². The zero-order valence-electron chi connectivity index (χ0n) is 16.8. The van der Waals surface area contributed by atoms with E-state index in [2.05, 4.69) is 19.2 Å². The maximum absolute atomic E-state index is 11.8. The number of esters is 1. The molecule has 2 rings (SSSR count). The number of hydrogen-bond donors (Lipinski definition) is 1. The van der Waals surface area contributed by atoms with Gasteiger partial charge in [0, 0.05) is 25.3 Å². The second-order valence-corrected chi connectivity index (χ2v) is 7.54. The maximum Gasteiger partial charge on any atom is 0.330 e. The van der Waals surface area contributed by atoms with Gasteiger partial charge in [0.2, 0.25) is 5.91 Å². The third kappa shape index (κ3) is 9.73. The Hall–Kier alpha value is -2.43. The quantitative estimate of drug-likeness (QED) is 0.766. The van der Waals surface area contributed by atoms with Crippen molar-refractivity contribution in [1.82, 2.24) is 5.32 Å². The van der Waals surface area contributed by atoms with Gasteiger partial charge in [-0.05, 0) is 17.4 Å². The molecule has 0 aromatic heterocycles. The summed E-state index contributed by atoms with van der Waals surface area (Å²) in [5.41, 5.74) is 0.865. The molecule has 0 atom stereocenters. The molecule has 0 radical (unpaired) electrons. The number of carbonyl (C=O) groups is 3. The highest BCUT2D eigenvalue weighted by Crippen LogP contribution is 2.33. The largest absolute Gasteiger partial charge is 0.430 e. The monoisotopic (exact) mass is 373 g/mol. The Morgan fingerprint density at radius 2 is 1.74 bits per heavy atom. The minimum Gasteiger partial charge on any atom is -0.430 e. The van der Waals surface area contributed by atoms with Crippen LogP contribution in [0.15, 0.2) is 42.2 Å². The average molecular weight is 373 g/mol. The van der Waals surface area contributed by atoms with Crippen molar-refractivity contribution in [1.29, 1.82) is 0 Å². The van der Waals surface area contributed by atoms with E-state index >= 15 is 0 Å². The number of carbonyl (C=O) groups excluding carboxylic acids is 3. The van der Waals surface area contributed by atoms with Crippen molar-refractivity contribution in [3.63, 3.8) is 0 Å². The Balaban J connectivity index is 0.00000114. The molecule has 0 bridgehead atoms. The molecule has 0 saturated carbocycles. The lowest BCUT2D eigenvalue weighted by Crippen LogP contribution is -2.31. The van der Waals surface area contributed by atoms with E-state index in [1.54, 1.807) is 0 Å². The lowest BCUT2D eigenvalue weighted by Gasteiger charge is -2.27.